The predicted molar refractivity (Wildman–Crippen MR) is 101 cm³/mol. The van der Waals surface area contributed by atoms with Gasteiger partial charge in [0.1, 0.15) is 12.4 Å². The maximum Gasteiger partial charge on any atom is 0.240 e. The second-order valence-electron chi connectivity index (χ2n) is 6.16. The third-order valence-electron chi connectivity index (χ3n) is 4.10. The van der Waals surface area contributed by atoms with Crippen LogP contribution in [0.2, 0.25) is 0 Å². The molecule has 0 aliphatic rings. The lowest BCUT2D eigenvalue weighted by Gasteiger charge is -2.09. The predicted octanol–water partition coefficient (Wildman–Crippen LogP) is 3.68. The second-order valence-corrected chi connectivity index (χ2v) is 6.55. The van der Waals surface area contributed by atoms with Crippen LogP contribution in [-0.2, 0) is 17.9 Å². The van der Waals surface area contributed by atoms with E-state index in [1.54, 1.807) is 23.6 Å². The zero-order valence-electron chi connectivity index (χ0n) is 14.5. The fourth-order valence-corrected chi connectivity index (χ4v) is 2.73. The van der Waals surface area contributed by atoms with Crippen molar-refractivity contribution in [1.29, 1.82) is 0 Å². The van der Waals surface area contributed by atoms with Crippen molar-refractivity contribution in [3.8, 4) is 11.4 Å². The Bertz CT molecular complexity index is 992. The van der Waals surface area contributed by atoms with Crippen molar-refractivity contribution in [3.05, 3.63) is 69.7 Å². The van der Waals surface area contributed by atoms with E-state index in [-0.39, 0.29) is 24.8 Å². The highest BCUT2D eigenvalue weighted by Crippen LogP contribution is 2.18. The van der Waals surface area contributed by atoms with Gasteiger partial charge in [0, 0.05) is 12.1 Å². The first kappa shape index (κ1) is 18.0. The molecule has 3 aromatic rings. The highest BCUT2D eigenvalue weighted by molar-refractivity contribution is 7.71. The molecule has 3 rings (SSSR count). The number of aromatic amines is 1. The number of nitrogens with zero attached hydrogens (tertiary/aromatic N) is 2. The molecule has 0 saturated heterocycles. The van der Waals surface area contributed by atoms with Crippen molar-refractivity contribution in [2.24, 2.45) is 0 Å². The average Bonchev–Trinajstić information content (AvgIpc) is 2.97. The van der Waals surface area contributed by atoms with Crippen molar-refractivity contribution in [2.75, 3.05) is 0 Å². The molecule has 2 aromatic carbocycles. The summed E-state index contributed by atoms with van der Waals surface area (Å²) < 4.78 is 15.6. The van der Waals surface area contributed by atoms with Gasteiger partial charge in [-0.3, -0.25) is 14.5 Å². The van der Waals surface area contributed by atoms with Crippen LogP contribution in [0.3, 0.4) is 0 Å². The topological polar surface area (TPSA) is 62.7 Å². The lowest BCUT2D eigenvalue weighted by molar-refractivity contribution is -0.121. The van der Waals surface area contributed by atoms with Gasteiger partial charge in [-0.25, -0.2) is 4.39 Å². The van der Waals surface area contributed by atoms with E-state index >= 15 is 0 Å². The number of benzene rings is 2. The normalized spacial score (nSPS) is 10.7. The lowest BCUT2D eigenvalue weighted by Crippen LogP contribution is -2.27. The van der Waals surface area contributed by atoms with E-state index in [9.17, 15) is 9.18 Å². The maximum absolute atomic E-state index is 13.6. The number of aromatic nitrogens is 3. The number of H-pyrrole nitrogens is 1. The minimum atomic E-state index is -0.282. The minimum Gasteiger partial charge on any atom is -0.350 e. The number of rotatable bonds is 5. The van der Waals surface area contributed by atoms with Gasteiger partial charge in [0.25, 0.3) is 0 Å². The van der Waals surface area contributed by atoms with Crippen LogP contribution < -0.4 is 5.32 Å². The van der Waals surface area contributed by atoms with Crippen LogP contribution in [-0.4, -0.2) is 20.7 Å². The molecule has 134 valence electrons. The summed E-state index contributed by atoms with van der Waals surface area (Å²) in [5, 5.41) is 9.74. The zero-order valence-corrected chi connectivity index (χ0v) is 15.4. The van der Waals surface area contributed by atoms with Crippen LogP contribution in [0.4, 0.5) is 4.39 Å². The first-order valence-corrected chi connectivity index (χ1v) is 8.59. The fourth-order valence-electron chi connectivity index (χ4n) is 2.53. The Labute approximate surface area is 155 Å². The monoisotopic (exact) mass is 370 g/mol. The third kappa shape index (κ3) is 4.05. The first-order chi connectivity index (χ1) is 12.4. The Morgan fingerprint density at radius 1 is 1.23 bits per heavy atom. The van der Waals surface area contributed by atoms with E-state index in [2.05, 4.69) is 15.5 Å². The highest BCUT2D eigenvalue weighted by Gasteiger charge is 2.12. The fraction of sp³-hybridized carbons (Fsp3) is 0.211. The van der Waals surface area contributed by atoms with Crippen LogP contribution in [0.5, 0.6) is 0 Å². The Hall–Kier alpha value is -2.80. The largest absolute Gasteiger partial charge is 0.350 e. The summed E-state index contributed by atoms with van der Waals surface area (Å²) in [5.74, 6) is 0.0961. The molecule has 0 spiro atoms. The highest BCUT2D eigenvalue weighted by atomic mass is 32.1. The summed E-state index contributed by atoms with van der Waals surface area (Å²) in [6.07, 6.45) is 0. The molecule has 1 amide bonds. The van der Waals surface area contributed by atoms with Crippen LogP contribution in [0.1, 0.15) is 16.7 Å². The average molecular weight is 370 g/mol. The molecule has 0 fully saturated rings. The molecule has 0 aliphatic heterocycles. The minimum absolute atomic E-state index is 0.0346. The van der Waals surface area contributed by atoms with Gasteiger partial charge < -0.3 is 5.32 Å². The molecule has 0 unspecified atom stereocenters. The van der Waals surface area contributed by atoms with Crippen molar-refractivity contribution in [2.45, 2.75) is 26.9 Å². The van der Waals surface area contributed by atoms with Gasteiger partial charge in [0.15, 0.2) is 10.6 Å². The summed E-state index contributed by atoms with van der Waals surface area (Å²) >= 11 is 5.24. The number of halogens is 1. The third-order valence-corrected chi connectivity index (χ3v) is 4.41. The summed E-state index contributed by atoms with van der Waals surface area (Å²) in [6, 6.07) is 12.7. The van der Waals surface area contributed by atoms with E-state index in [4.69, 9.17) is 12.2 Å². The van der Waals surface area contributed by atoms with Crippen LogP contribution in [0, 0.1) is 24.4 Å². The van der Waals surface area contributed by atoms with E-state index in [0.29, 0.717) is 21.7 Å². The Kier molecular flexibility index (Phi) is 5.27. The Balaban J connectivity index is 1.71. The number of carbonyl (C=O) groups excluding carboxylic acids is 1. The summed E-state index contributed by atoms with van der Waals surface area (Å²) in [5.41, 5.74) is 3.29. The van der Waals surface area contributed by atoms with Crippen LogP contribution >= 0.6 is 12.2 Å². The molecule has 5 nitrogen and oxygen atoms in total. The van der Waals surface area contributed by atoms with Crippen LogP contribution in [0.15, 0.2) is 42.5 Å². The number of hydrogen-bond donors (Lipinski definition) is 2. The number of carbonyl (C=O) groups is 1. The lowest BCUT2D eigenvalue weighted by atomic mass is 10.1. The summed E-state index contributed by atoms with van der Waals surface area (Å²) in [4.78, 5) is 12.3. The summed E-state index contributed by atoms with van der Waals surface area (Å²) in [7, 11) is 0. The molecule has 0 aliphatic carbocycles. The SMILES string of the molecule is Cc1ccc(-c2n[nH]c(=S)n2CC(=O)NCc2ccc(C)c(F)c2)cc1. The van der Waals surface area contributed by atoms with E-state index in [1.807, 2.05) is 31.2 Å². The maximum atomic E-state index is 13.6. The Morgan fingerprint density at radius 3 is 2.65 bits per heavy atom. The molecule has 0 bridgehead atoms. The molecule has 0 saturated carbocycles. The molecule has 0 atom stereocenters. The molecule has 1 aromatic heterocycles. The smallest absolute Gasteiger partial charge is 0.240 e. The van der Waals surface area contributed by atoms with Crippen molar-refractivity contribution >= 4 is 18.1 Å². The van der Waals surface area contributed by atoms with Gasteiger partial charge in [-0.2, -0.15) is 5.10 Å². The molecule has 1 heterocycles. The van der Waals surface area contributed by atoms with Gasteiger partial charge in [0.05, 0.1) is 0 Å². The molecular formula is C19H19FN4OS. The standard InChI is InChI=1S/C19H19FN4OS/c1-12-3-7-15(8-4-12)18-22-23-19(26)24(18)11-17(25)21-10-14-6-5-13(2)16(20)9-14/h3-9H,10-11H2,1-2H3,(H,21,25)(H,23,26). The van der Waals surface area contributed by atoms with Gasteiger partial charge in [-0.1, -0.05) is 42.0 Å². The molecule has 7 heteroatoms. The van der Waals surface area contributed by atoms with E-state index in [1.165, 1.54) is 6.07 Å². The first-order valence-electron chi connectivity index (χ1n) is 8.18. The van der Waals surface area contributed by atoms with Crippen molar-refractivity contribution in [3.63, 3.8) is 0 Å². The zero-order chi connectivity index (χ0) is 18.7. The molecule has 26 heavy (non-hydrogen) atoms. The number of aryl methyl sites for hydroxylation is 2. The quantitative estimate of drug-likeness (QED) is 0.674. The Morgan fingerprint density at radius 2 is 1.96 bits per heavy atom. The van der Waals surface area contributed by atoms with Crippen molar-refractivity contribution in [1.82, 2.24) is 20.1 Å². The number of nitrogens with one attached hydrogen (secondary N) is 2. The van der Waals surface area contributed by atoms with Gasteiger partial charge in [-0.05, 0) is 43.3 Å². The van der Waals surface area contributed by atoms with Crippen molar-refractivity contribution < 1.29 is 9.18 Å². The van der Waals surface area contributed by atoms with Gasteiger partial charge in [0.2, 0.25) is 5.91 Å². The number of amides is 1. The van der Waals surface area contributed by atoms with Crippen LogP contribution in [0.25, 0.3) is 11.4 Å². The number of hydrogen-bond acceptors (Lipinski definition) is 3. The van der Waals surface area contributed by atoms with Gasteiger partial charge >= 0.3 is 0 Å². The molecule has 2 N–H and O–H groups in total. The molecule has 0 radical (unpaired) electrons. The van der Waals surface area contributed by atoms with E-state index in [0.717, 1.165) is 11.1 Å². The van der Waals surface area contributed by atoms with E-state index < -0.39 is 0 Å². The summed E-state index contributed by atoms with van der Waals surface area (Å²) in [6.45, 7) is 3.99. The second kappa shape index (κ2) is 7.61. The molecular weight excluding hydrogens is 351 g/mol. The van der Waals surface area contributed by atoms with Gasteiger partial charge in [-0.15, -0.1) is 0 Å².